The Hall–Kier alpha value is -1.31. The van der Waals surface area contributed by atoms with Gasteiger partial charge in [0, 0.05) is 12.6 Å². The Morgan fingerprint density at radius 1 is 1.36 bits per heavy atom. The number of amidine groups is 1. The Morgan fingerprint density at radius 2 is 2.00 bits per heavy atom. The highest BCUT2D eigenvalue weighted by Gasteiger charge is 1.99. The molecular weight excluding hydrogens is 136 g/mol. The van der Waals surface area contributed by atoms with Crippen molar-refractivity contribution in [2.24, 2.45) is 0 Å². The first kappa shape index (κ1) is 7.79. The third kappa shape index (κ3) is 1.58. The third-order valence-corrected chi connectivity index (χ3v) is 1.66. The van der Waals surface area contributed by atoms with E-state index in [4.69, 9.17) is 5.41 Å². The van der Waals surface area contributed by atoms with Crippen molar-refractivity contribution in [2.75, 3.05) is 7.05 Å². The summed E-state index contributed by atoms with van der Waals surface area (Å²) in [6.07, 6.45) is 0. The van der Waals surface area contributed by atoms with E-state index in [-0.39, 0.29) is 0 Å². The van der Waals surface area contributed by atoms with Crippen molar-refractivity contribution in [3.8, 4) is 0 Å². The molecule has 0 atom stereocenters. The second-order valence-corrected chi connectivity index (χ2v) is 2.44. The molecule has 0 amide bonds. The van der Waals surface area contributed by atoms with Gasteiger partial charge < -0.3 is 5.32 Å². The summed E-state index contributed by atoms with van der Waals surface area (Å²) in [5.74, 6) is 0.475. The maximum Gasteiger partial charge on any atom is 0.125 e. The molecule has 0 saturated carbocycles. The Balaban J connectivity index is 3.03. The number of nitrogens with one attached hydrogen (secondary N) is 2. The summed E-state index contributed by atoms with van der Waals surface area (Å²) in [5.41, 5.74) is 2.10. The summed E-state index contributed by atoms with van der Waals surface area (Å²) >= 11 is 0. The molecule has 0 unspecified atom stereocenters. The molecule has 2 nitrogen and oxygen atoms in total. The molecule has 58 valence electrons. The Labute approximate surface area is 66.8 Å². The highest BCUT2D eigenvalue weighted by molar-refractivity contribution is 5.97. The van der Waals surface area contributed by atoms with E-state index in [1.807, 2.05) is 31.2 Å². The zero-order chi connectivity index (χ0) is 8.27. The molecule has 1 rings (SSSR count). The maximum absolute atomic E-state index is 7.51. The quantitative estimate of drug-likeness (QED) is 0.460. The summed E-state index contributed by atoms with van der Waals surface area (Å²) in [7, 11) is 1.76. The summed E-state index contributed by atoms with van der Waals surface area (Å²) in [6.45, 7) is 2.00. The second-order valence-electron chi connectivity index (χ2n) is 2.44. The van der Waals surface area contributed by atoms with Crippen LogP contribution in [0.2, 0.25) is 0 Å². The molecule has 1 aromatic carbocycles. The minimum atomic E-state index is 0.475. The lowest BCUT2D eigenvalue weighted by Crippen LogP contribution is -2.18. The first-order valence-electron chi connectivity index (χ1n) is 3.58. The Morgan fingerprint density at radius 3 is 2.55 bits per heavy atom. The fraction of sp³-hybridized carbons (Fsp3) is 0.222. The van der Waals surface area contributed by atoms with Crippen molar-refractivity contribution in [2.45, 2.75) is 6.92 Å². The first-order valence-corrected chi connectivity index (χ1v) is 3.58. The fourth-order valence-electron chi connectivity index (χ4n) is 0.988. The predicted molar refractivity (Wildman–Crippen MR) is 47.1 cm³/mol. The highest BCUT2D eigenvalue weighted by atomic mass is 14.9. The minimum Gasteiger partial charge on any atom is -0.373 e. The monoisotopic (exact) mass is 148 g/mol. The average Bonchev–Trinajstić information content (AvgIpc) is 2.04. The van der Waals surface area contributed by atoms with Gasteiger partial charge in [-0.2, -0.15) is 0 Å². The van der Waals surface area contributed by atoms with Gasteiger partial charge in [0.1, 0.15) is 5.84 Å². The molecule has 0 spiro atoms. The van der Waals surface area contributed by atoms with Crippen LogP contribution in [0.25, 0.3) is 0 Å². The fourth-order valence-corrected chi connectivity index (χ4v) is 0.988. The second kappa shape index (κ2) is 3.19. The Kier molecular flexibility index (Phi) is 2.26. The molecule has 0 bridgehead atoms. The van der Waals surface area contributed by atoms with Crippen molar-refractivity contribution in [1.82, 2.24) is 5.32 Å². The molecule has 0 radical (unpaired) electrons. The number of aryl methyl sites for hydroxylation is 1. The van der Waals surface area contributed by atoms with E-state index >= 15 is 0 Å². The predicted octanol–water partition coefficient (Wildman–Crippen LogP) is 1.54. The van der Waals surface area contributed by atoms with Crippen molar-refractivity contribution in [3.05, 3.63) is 35.4 Å². The van der Waals surface area contributed by atoms with Crippen LogP contribution < -0.4 is 5.32 Å². The van der Waals surface area contributed by atoms with Crippen molar-refractivity contribution >= 4 is 5.84 Å². The summed E-state index contributed by atoms with van der Waals surface area (Å²) in [5, 5.41) is 10.3. The van der Waals surface area contributed by atoms with Crippen LogP contribution in [0.3, 0.4) is 0 Å². The molecular formula is C9H12N2. The Bertz CT molecular complexity index is 266. The number of rotatable bonds is 1. The maximum atomic E-state index is 7.51. The lowest BCUT2D eigenvalue weighted by atomic mass is 10.1. The zero-order valence-corrected chi connectivity index (χ0v) is 6.81. The van der Waals surface area contributed by atoms with E-state index in [1.165, 1.54) is 0 Å². The van der Waals surface area contributed by atoms with Gasteiger partial charge in [-0.25, -0.2) is 0 Å². The van der Waals surface area contributed by atoms with Crippen LogP contribution in [0.4, 0.5) is 0 Å². The van der Waals surface area contributed by atoms with Gasteiger partial charge in [0.05, 0.1) is 0 Å². The molecule has 11 heavy (non-hydrogen) atoms. The van der Waals surface area contributed by atoms with Crippen LogP contribution in [0, 0.1) is 12.3 Å². The SMILES string of the molecule is CNC(=N)c1ccccc1C. The zero-order valence-electron chi connectivity index (χ0n) is 6.81. The van der Waals surface area contributed by atoms with Gasteiger partial charge in [-0.15, -0.1) is 0 Å². The summed E-state index contributed by atoms with van der Waals surface area (Å²) < 4.78 is 0. The molecule has 2 N–H and O–H groups in total. The van der Waals surface area contributed by atoms with E-state index in [9.17, 15) is 0 Å². The van der Waals surface area contributed by atoms with E-state index in [1.54, 1.807) is 7.05 Å². The number of benzene rings is 1. The van der Waals surface area contributed by atoms with E-state index in [0.29, 0.717) is 5.84 Å². The standard InChI is InChI=1S/C9H12N2/c1-7-5-3-4-6-8(7)9(10)11-2/h3-6H,1-2H3,(H2,10,11). The van der Waals surface area contributed by atoms with Gasteiger partial charge in [-0.05, 0) is 12.5 Å². The van der Waals surface area contributed by atoms with Crippen LogP contribution in [-0.4, -0.2) is 12.9 Å². The van der Waals surface area contributed by atoms with Crippen molar-refractivity contribution < 1.29 is 0 Å². The van der Waals surface area contributed by atoms with Gasteiger partial charge in [-0.1, -0.05) is 24.3 Å². The van der Waals surface area contributed by atoms with Crippen LogP contribution in [-0.2, 0) is 0 Å². The van der Waals surface area contributed by atoms with E-state index in [0.717, 1.165) is 11.1 Å². The number of hydrogen-bond acceptors (Lipinski definition) is 1. The smallest absolute Gasteiger partial charge is 0.125 e. The van der Waals surface area contributed by atoms with E-state index < -0.39 is 0 Å². The summed E-state index contributed by atoms with van der Waals surface area (Å²) in [6, 6.07) is 7.85. The van der Waals surface area contributed by atoms with Gasteiger partial charge in [0.2, 0.25) is 0 Å². The molecule has 0 aromatic heterocycles. The normalized spacial score (nSPS) is 9.27. The van der Waals surface area contributed by atoms with E-state index in [2.05, 4.69) is 5.32 Å². The molecule has 0 saturated heterocycles. The van der Waals surface area contributed by atoms with Crippen molar-refractivity contribution in [1.29, 1.82) is 5.41 Å². The van der Waals surface area contributed by atoms with Gasteiger partial charge in [0.15, 0.2) is 0 Å². The van der Waals surface area contributed by atoms with Crippen LogP contribution in [0.1, 0.15) is 11.1 Å². The van der Waals surface area contributed by atoms with Gasteiger partial charge in [-0.3, -0.25) is 5.41 Å². The topological polar surface area (TPSA) is 35.9 Å². The van der Waals surface area contributed by atoms with Gasteiger partial charge in [0.25, 0.3) is 0 Å². The lowest BCUT2D eigenvalue weighted by Gasteiger charge is -2.05. The van der Waals surface area contributed by atoms with Crippen LogP contribution >= 0.6 is 0 Å². The molecule has 2 heteroatoms. The third-order valence-electron chi connectivity index (χ3n) is 1.66. The number of hydrogen-bond donors (Lipinski definition) is 2. The van der Waals surface area contributed by atoms with Crippen molar-refractivity contribution in [3.63, 3.8) is 0 Å². The van der Waals surface area contributed by atoms with Gasteiger partial charge >= 0.3 is 0 Å². The highest BCUT2D eigenvalue weighted by Crippen LogP contribution is 2.05. The molecule has 0 aliphatic heterocycles. The molecule has 0 heterocycles. The molecule has 0 aliphatic carbocycles. The van der Waals surface area contributed by atoms with Crippen LogP contribution in [0.5, 0.6) is 0 Å². The molecule has 0 fully saturated rings. The van der Waals surface area contributed by atoms with Crippen LogP contribution in [0.15, 0.2) is 24.3 Å². The average molecular weight is 148 g/mol. The minimum absolute atomic E-state index is 0.475. The largest absolute Gasteiger partial charge is 0.373 e. The first-order chi connectivity index (χ1) is 5.25. The summed E-state index contributed by atoms with van der Waals surface area (Å²) in [4.78, 5) is 0. The molecule has 1 aromatic rings. The molecule has 0 aliphatic rings. The lowest BCUT2D eigenvalue weighted by molar-refractivity contribution is 1.14.